The fraction of sp³-hybridized carbons (Fsp3) is 0.355. The number of aromatic nitrogens is 2. The van der Waals surface area contributed by atoms with Crippen LogP contribution in [0.15, 0.2) is 78.0 Å². The number of allylic oxidation sites excluding steroid dienone is 5. The number of carbonyl (C=O) groups is 1. The summed E-state index contributed by atoms with van der Waals surface area (Å²) < 4.78 is 26.2. The van der Waals surface area contributed by atoms with Gasteiger partial charge >= 0.3 is 3.93 Å². The summed E-state index contributed by atoms with van der Waals surface area (Å²) in [5, 5.41) is 3.66. The van der Waals surface area contributed by atoms with Gasteiger partial charge in [-0.25, -0.2) is 4.98 Å². The van der Waals surface area contributed by atoms with Crippen molar-refractivity contribution in [2.24, 2.45) is 5.92 Å². The van der Waals surface area contributed by atoms with Crippen molar-refractivity contribution in [3.63, 3.8) is 0 Å². The van der Waals surface area contributed by atoms with E-state index in [-0.39, 0.29) is 11.5 Å². The second-order valence-electron chi connectivity index (χ2n) is 10.1. The molecule has 0 unspecified atom stereocenters. The summed E-state index contributed by atoms with van der Waals surface area (Å²) >= 11 is 7.13. The van der Waals surface area contributed by atoms with Crippen LogP contribution >= 0.6 is 34.2 Å². The monoisotopic (exact) mass is 678 g/mol. The number of nitrogens with one attached hydrogen (secondary N) is 1. The minimum Gasteiger partial charge on any atom is -0.372 e. The summed E-state index contributed by atoms with van der Waals surface area (Å²) in [7, 11) is 0. The first-order valence-electron chi connectivity index (χ1n) is 13.5. The van der Waals surface area contributed by atoms with E-state index < -0.39 is 3.93 Å². The first kappa shape index (κ1) is 30.2. The van der Waals surface area contributed by atoms with Crippen LogP contribution in [-0.4, -0.2) is 28.4 Å². The molecule has 1 fully saturated rings. The second kappa shape index (κ2) is 13.3. The molecule has 1 aromatic carbocycles. The van der Waals surface area contributed by atoms with Crippen LogP contribution in [-0.2, 0) is 16.9 Å². The lowest BCUT2D eigenvalue weighted by molar-refractivity contribution is 0.0943. The molecule has 40 heavy (non-hydrogen) atoms. The van der Waals surface area contributed by atoms with Gasteiger partial charge in [0.2, 0.25) is 0 Å². The molecule has 0 radical (unpaired) electrons. The Morgan fingerprint density at radius 3 is 2.52 bits per heavy atom. The number of alkyl halides is 3. The number of halogens is 4. The van der Waals surface area contributed by atoms with Gasteiger partial charge in [0.15, 0.2) is 0 Å². The number of imidazole rings is 1. The SMILES string of the molecule is C=C(/C=C\C(Cl)=C/C)CC1CCN(c2ccc(CNC(=O)c3c(CC)nc4ccc(C(F)(F)I)cn34)cc2)CC1. The van der Waals surface area contributed by atoms with Gasteiger partial charge in [0.1, 0.15) is 11.3 Å². The van der Waals surface area contributed by atoms with Gasteiger partial charge in [-0.15, -0.1) is 0 Å². The van der Waals surface area contributed by atoms with E-state index >= 15 is 0 Å². The maximum absolute atomic E-state index is 13.9. The van der Waals surface area contributed by atoms with E-state index in [4.69, 9.17) is 11.6 Å². The van der Waals surface area contributed by atoms with Crippen LogP contribution in [0.5, 0.6) is 0 Å². The topological polar surface area (TPSA) is 49.6 Å². The number of hydrogen-bond donors (Lipinski definition) is 1. The third-order valence-electron chi connectivity index (χ3n) is 7.24. The van der Waals surface area contributed by atoms with Crippen molar-refractivity contribution in [3.05, 3.63) is 101 Å². The van der Waals surface area contributed by atoms with Gasteiger partial charge in [-0.1, -0.05) is 55.0 Å². The number of nitrogens with zero attached hydrogens (tertiary/aromatic N) is 3. The van der Waals surface area contributed by atoms with Crippen molar-refractivity contribution in [1.29, 1.82) is 0 Å². The highest BCUT2D eigenvalue weighted by molar-refractivity contribution is 14.1. The van der Waals surface area contributed by atoms with Crippen molar-refractivity contribution in [3.8, 4) is 0 Å². The highest BCUT2D eigenvalue weighted by Gasteiger charge is 2.28. The molecule has 0 saturated carbocycles. The van der Waals surface area contributed by atoms with Crippen LogP contribution in [0.4, 0.5) is 14.5 Å². The molecule has 3 heterocycles. The molecule has 1 aliphatic heterocycles. The minimum atomic E-state index is -3.04. The van der Waals surface area contributed by atoms with Crippen LogP contribution in [0, 0.1) is 5.92 Å². The first-order valence-corrected chi connectivity index (χ1v) is 14.9. The van der Waals surface area contributed by atoms with E-state index in [1.54, 1.807) is 0 Å². The molecule has 3 aromatic rings. The Hall–Kier alpha value is -2.72. The molecular weight excluding hydrogens is 645 g/mol. The van der Waals surface area contributed by atoms with E-state index in [1.807, 2.05) is 44.2 Å². The predicted molar refractivity (Wildman–Crippen MR) is 168 cm³/mol. The lowest BCUT2D eigenvalue weighted by Gasteiger charge is -2.34. The predicted octanol–water partition coefficient (Wildman–Crippen LogP) is 8.17. The van der Waals surface area contributed by atoms with Gasteiger partial charge in [0.25, 0.3) is 5.91 Å². The van der Waals surface area contributed by atoms with Crippen LogP contribution in [0.2, 0.25) is 0 Å². The molecular formula is C31H34ClF2IN4O. The van der Waals surface area contributed by atoms with E-state index in [0.29, 0.717) is 35.9 Å². The maximum Gasteiger partial charge on any atom is 0.323 e. The number of amides is 1. The highest BCUT2D eigenvalue weighted by Crippen LogP contribution is 2.35. The molecule has 0 bridgehead atoms. The van der Waals surface area contributed by atoms with Crippen molar-refractivity contribution in [1.82, 2.24) is 14.7 Å². The van der Waals surface area contributed by atoms with Crippen LogP contribution in [0.3, 0.4) is 0 Å². The average Bonchev–Trinajstić information content (AvgIpc) is 3.33. The average molecular weight is 679 g/mol. The Morgan fingerprint density at radius 2 is 1.90 bits per heavy atom. The number of piperidine rings is 1. The molecule has 0 aliphatic carbocycles. The zero-order valence-corrected chi connectivity index (χ0v) is 25.7. The number of hydrogen-bond acceptors (Lipinski definition) is 3. The number of fused-ring (bicyclic) bond motifs is 1. The van der Waals surface area contributed by atoms with Crippen molar-refractivity contribution in [2.75, 3.05) is 18.0 Å². The van der Waals surface area contributed by atoms with Crippen molar-refractivity contribution in [2.45, 2.75) is 50.0 Å². The summed E-state index contributed by atoms with van der Waals surface area (Å²) in [4.78, 5) is 20.0. The smallest absolute Gasteiger partial charge is 0.323 e. The third kappa shape index (κ3) is 7.51. The minimum absolute atomic E-state index is 0.176. The van der Waals surface area contributed by atoms with Gasteiger partial charge in [-0.3, -0.25) is 9.20 Å². The zero-order valence-electron chi connectivity index (χ0n) is 22.8. The number of benzene rings is 1. The molecule has 4 rings (SSSR count). The normalized spacial score (nSPS) is 15.2. The highest BCUT2D eigenvalue weighted by atomic mass is 127. The van der Waals surface area contributed by atoms with E-state index in [9.17, 15) is 13.6 Å². The third-order valence-corrected chi connectivity index (χ3v) is 8.21. The number of pyridine rings is 1. The van der Waals surface area contributed by atoms with Gasteiger partial charge < -0.3 is 10.2 Å². The van der Waals surface area contributed by atoms with E-state index in [1.165, 1.54) is 22.7 Å². The molecule has 1 N–H and O–H groups in total. The van der Waals surface area contributed by atoms with E-state index in [2.05, 4.69) is 33.9 Å². The van der Waals surface area contributed by atoms with Gasteiger partial charge in [-0.05, 0) is 74.4 Å². The Kier molecular flexibility index (Phi) is 10.1. The molecule has 1 saturated heterocycles. The summed E-state index contributed by atoms with van der Waals surface area (Å²) in [6.07, 6.45) is 10.8. The Morgan fingerprint density at radius 1 is 1.20 bits per heavy atom. The van der Waals surface area contributed by atoms with Gasteiger partial charge in [-0.2, -0.15) is 8.78 Å². The van der Waals surface area contributed by atoms with Crippen molar-refractivity contribution < 1.29 is 13.6 Å². The molecule has 9 heteroatoms. The molecule has 1 amide bonds. The van der Waals surface area contributed by atoms with Crippen LogP contribution in [0.25, 0.3) is 5.65 Å². The largest absolute Gasteiger partial charge is 0.372 e. The van der Waals surface area contributed by atoms with E-state index in [0.717, 1.165) is 76.8 Å². The maximum atomic E-state index is 13.9. The number of aryl methyl sites for hydroxylation is 1. The summed E-state index contributed by atoms with van der Waals surface area (Å²) in [5.41, 5.74) is 4.39. The second-order valence-corrected chi connectivity index (χ2v) is 11.8. The number of rotatable bonds is 10. The fourth-order valence-electron chi connectivity index (χ4n) is 4.97. The summed E-state index contributed by atoms with van der Waals surface area (Å²) in [5.74, 6) is 0.271. The lowest BCUT2D eigenvalue weighted by atomic mass is 9.90. The van der Waals surface area contributed by atoms with Gasteiger partial charge in [0.05, 0.1) is 5.69 Å². The molecule has 5 nitrogen and oxygen atoms in total. The quantitative estimate of drug-likeness (QED) is 0.134. The molecule has 212 valence electrons. The fourth-order valence-corrected chi connectivity index (χ4v) is 5.35. The molecule has 0 spiro atoms. The summed E-state index contributed by atoms with van der Waals surface area (Å²) in [6, 6.07) is 11.1. The lowest BCUT2D eigenvalue weighted by Crippen LogP contribution is -2.33. The molecule has 2 aromatic heterocycles. The Bertz CT molecular complexity index is 1420. The first-order chi connectivity index (χ1) is 19.1. The molecule has 0 atom stereocenters. The summed E-state index contributed by atoms with van der Waals surface area (Å²) in [6.45, 7) is 10.3. The number of anilines is 1. The van der Waals surface area contributed by atoms with Crippen LogP contribution < -0.4 is 10.2 Å². The Labute approximate surface area is 253 Å². The van der Waals surface area contributed by atoms with Crippen molar-refractivity contribution >= 4 is 51.4 Å². The number of carbonyl (C=O) groups excluding carboxylic acids is 1. The van der Waals surface area contributed by atoms with Gasteiger partial charge in [0, 0.05) is 64.7 Å². The standard InChI is InChI=1S/C31H34ClF2IN4O/c1-4-25(32)10-6-21(3)18-22-14-16-38(17-15-22)26-11-7-23(8-12-26)19-36-30(40)29-27(5-2)37-28-13-9-24(20-39(28)29)31(33,34)35/h4,6-13,20,22H,3,5,14-19H2,1-2H3,(H,36,40)/b10-6-,25-4+. The Balaban J connectivity index is 1.34. The zero-order chi connectivity index (χ0) is 28.9. The van der Waals surface area contributed by atoms with Crippen LogP contribution in [0.1, 0.15) is 60.4 Å². The molecule has 1 aliphatic rings.